The van der Waals surface area contributed by atoms with Gasteiger partial charge in [0.25, 0.3) is 5.56 Å². The van der Waals surface area contributed by atoms with E-state index in [1.54, 1.807) is 17.6 Å². The summed E-state index contributed by atoms with van der Waals surface area (Å²) in [7, 11) is 1.63. The average molecular weight is 364 g/mol. The molecular weight excluding hydrogens is 340 g/mol. The minimum absolute atomic E-state index is 0.0871. The molecule has 2 aromatic heterocycles. The molecule has 1 aliphatic rings. The Morgan fingerprint density at radius 3 is 2.63 bits per heavy atom. The molecule has 1 aliphatic heterocycles. The van der Waals surface area contributed by atoms with E-state index in [1.165, 1.54) is 0 Å². The smallest absolute Gasteiger partial charge is 0.258 e. The largest absolute Gasteiger partial charge is 0.497 e. The maximum Gasteiger partial charge on any atom is 0.258 e. The number of ether oxygens (including phenoxy) is 1. The SMILES string of the molecule is COc1cccc(-c2cc(=O)n3cc(N4C[C@@H](C)N[C@@H](C)C4)ccc3n2)c1. The number of nitrogens with zero attached hydrogens (tertiary/aromatic N) is 3. The predicted molar refractivity (Wildman–Crippen MR) is 108 cm³/mol. The van der Waals surface area contributed by atoms with Crippen LogP contribution in [0.25, 0.3) is 16.9 Å². The summed E-state index contributed by atoms with van der Waals surface area (Å²) in [6.45, 7) is 6.19. The number of benzene rings is 1. The second kappa shape index (κ2) is 7.04. The number of aromatic nitrogens is 2. The Balaban J connectivity index is 1.73. The number of fused-ring (bicyclic) bond motifs is 1. The van der Waals surface area contributed by atoms with Crippen molar-refractivity contribution in [3.63, 3.8) is 0 Å². The highest BCUT2D eigenvalue weighted by molar-refractivity contribution is 5.64. The number of anilines is 1. The summed E-state index contributed by atoms with van der Waals surface area (Å²) >= 11 is 0. The zero-order valence-corrected chi connectivity index (χ0v) is 15.8. The van der Waals surface area contributed by atoms with Crippen molar-refractivity contribution in [3.05, 3.63) is 59.0 Å². The van der Waals surface area contributed by atoms with Crippen LogP contribution in [0.4, 0.5) is 5.69 Å². The molecule has 1 fully saturated rings. The van der Waals surface area contributed by atoms with Crippen molar-refractivity contribution < 1.29 is 4.74 Å². The van der Waals surface area contributed by atoms with E-state index in [4.69, 9.17) is 4.74 Å². The van der Waals surface area contributed by atoms with Crippen LogP contribution in [-0.4, -0.2) is 41.7 Å². The van der Waals surface area contributed by atoms with Gasteiger partial charge in [-0.15, -0.1) is 0 Å². The van der Waals surface area contributed by atoms with E-state index in [0.717, 1.165) is 30.1 Å². The lowest BCUT2D eigenvalue weighted by atomic mass is 10.1. The summed E-state index contributed by atoms with van der Waals surface area (Å²) in [5, 5.41) is 3.53. The maximum absolute atomic E-state index is 12.8. The van der Waals surface area contributed by atoms with Crippen LogP contribution in [0.5, 0.6) is 5.75 Å². The third-order valence-corrected chi connectivity index (χ3v) is 4.93. The topological polar surface area (TPSA) is 58.9 Å². The van der Waals surface area contributed by atoms with Gasteiger partial charge >= 0.3 is 0 Å². The maximum atomic E-state index is 12.8. The van der Waals surface area contributed by atoms with Crippen LogP contribution in [-0.2, 0) is 0 Å². The standard InChI is InChI=1S/C21H24N4O2/c1-14-11-24(12-15(2)22-14)17-7-8-20-23-19(10-21(26)25(20)13-17)16-5-4-6-18(9-16)27-3/h4-10,13-15,22H,11-12H2,1-3H3/t14-,15+. The van der Waals surface area contributed by atoms with Crippen LogP contribution in [0.15, 0.2) is 53.5 Å². The molecule has 27 heavy (non-hydrogen) atoms. The molecule has 6 nitrogen and oxygen atoms in total. The fourth-order valence-electron chi connectivity index (χ4n) is 3.75. The first-order valence-corrected chi connectivity index (χ1v) is 9.22. The fourth-order valence-corrected chi connectivity index (χ4v) is 3.75. The van der Waals surface area contributed by atoms with Gasteiger partial charge < -0.3 is 15.0 Å². The minimum Gasteiger partial charge on any atom is -0.497 e. The lowest BCUT2D eigenvalue weighted by Crippen LogP contribution is -2.54. The molecular formula is C21H24N4O2. The number of piperazine rings is 1. The molecule has 3 heterocycles. The second-order valence-electron chi connectivity index (χ2n) is 7.20. The molecule has 0 radical (unpaired) electrons. The number of nitrogens with one attached hydrogen (secondary N) is 1. The summed E-state index contributed by atoms with van der Waals surface area (Å²) in [5.74, 6) is 0.742. The van der Waals surface area contributed by atoms with Crippen LogP contribution >= 0.6 is 0 Å². The number of pyridine rings is 1. The van der Waals surface area contributed by atoms with Crippen molar-refractivity contribution in [2.24, 2.45) is 0 Å². The summed E-state index contributed by atoms with van der Waals surface area (Å²) in [5.41, 5.74) is 3.11. The van der Waals surface area contributed by atoms with E-state index >= 15 is 0 Å². The quantitative estimate of drug-likeness (QED) is 0.774. The molecule has 3 aromatic rings. The summed E-state index contributed by atoms with van der Waals surface area (Å²) in [4.78, 5) is 19.7. The Labute approximate surface area is 158 Å². The third-order valence-electron chi connectivity index (χ3n) is 4.93. The molecule has 0 bridgehead atoms. The lowest BCUT2D eigenvalue weighted by Gasteiger charge is -2.37. The summed E-state index contributed by atoms with van der Waals surface area (Å²) in [6.07, 6.45) is 1.89. The summed E-state index contributed by atoms with van der Waals surface area (Å²) in [6, 6.07) is 13.9. The molecule has 0 saturated carbocycles. The van der Waals surface area contributed by atoms with E-state index in [1.807, 2.05) is 42.6 Å². The Kier molecular flexibility index (Phi) is 4.58. The van der Waals surface area contributed by atoms with Crippen molar-refractivity contribution >= 4 is 11.3 Å². The Morgan fingerprint density at radius 2 is 1.89 bits per heavy atom. The average Bonchev–Trinajstić information content (AvgIpc) is 2.67. The van der Waals surface area contributed by atoms with Gasteiger partial charge in [0.05, 0.1) is 18.5 Å². The van der Waals surface area contributed by atoms with Crippen LogP contribution in [0.1, 0.15) is 13.8 Å². The Hall–Kier alpha value is -2.86. The van der Waals surface area contributed by atoms with Crippen LogP contribution < -0.4 is 20.5 Å². The van der Waals surface area contributed by atoms with E-state index in [9.17, 15) is 4.79 Å². The van der Waals surface area contributed by atoms with E-state index in [-0.39, 0.29) is 5.56 Å². The highest BCUT2D eigenvalue weighted by Crippen LogP contribution is 2.23. The molecule has 1 aromatic carbocycles. The molecule has 0 spiro atoms. The van der Waals surface area contributed by atoms with Crippen molar-refractivity contribution in [1.82, 2.24) is 14.7 Å². The minimum atomic E-state index is -0.0871. The van der Waals surface area contributed by atoms with Gasteiger partial charge in [0.1, 0.15) is 11.4 Å². The number of methoxy groups -OCH3 is 1. The van der Waals surface area contributed by atoms with Crippen molar-refractivity contribution in [3.8, 4) is 17.0 Å². The fraction of sp³-hybridized carbons (Fsp3) is 0.333. The zero-order valence-electron chi connectivity index (χ0n) is 15.8. The monoisotopic (exact) mass is 364 g/mol. The van der Waals surface area contributed by atoms with Gasteiger partial charge in [-0.1, -0.05) is 12.1 Å². The van der Waals surface area contributed by atoms with E-state index < -0.39 is 0 Å². The number of hydrogen-bond acceptors (Lipinski definition) is 5. The van der Waals surface area contributed by atoms with Crippen LogP contribution in [0, 0.1) is 0 Å². The van der Waals surface area contributed by atoms with E-state index in [2.05, 4.69) is 29.0 Å². The second-order valence-corrected chi connectivity index (χ2v) is 7.20. The molecule has 4 rings (SSSR count). The van der Waals surface area contributed by atoms with Crippen molar-refractivity contribution in [2.45, 2.75) is 25.9 Å². The van der Waals surface area contributed by atoms with Crippen LogP contribution in [0.2, 0.25) is 0 Å². The first-order chi connectivity index (χ1) is 13.0. The molecule has 140 valence electrons. The molecule has 6 heteroatoms. The number of hydrogen-bond donors (Lipinski definition) is 1. The van der Waals surface area contributed by atoms with Crippen molar-refractivity contribution in [1.29, 1.82) is 0 Å². The highest BCUT2D eigenvalue weighted by atomic mass is 16.5. The zero-order chi connectivity index (χ0) is 19.0. The normalized spacial score (nSPS) is 20.0. The third kappa shape index (κ3) is 3.53. The van der Waals surface area contributed by atoms with Gasteiger partial charge in [-0.25, -0.2) is 4.98 Å². The summed E-state index contributed by atoms with van der Waals surface area (Å²) < 4.78 is 6.89. The van der Waals surface area contributed by atoms with Gasteiger partial charge in [-0.2, -0.15) is 0 Å². The molecule has 2 atom stereocenters. The van der Waals surface area contributed by atoms with Crippen LogP contribution in [0.3, 0.4) is 0 Å². The Morgan fingerprint density at radius 1 is 1.11 bits per heavy atom. The van der Waals surface area contributed by atoms with Crippen molar-refractivity contribution in [2.75, 3.05) is 25.1 Å². The van der Waals surface area contributed by atoms with Gasteiger partial charge in [0.15, 0.2) is 0 Å². The van der Waals surface area contributed by atoms with Gasteiger partial charge in [0, 0.05) is 43.0 Å². The number of rotatable bonds is 3. The lowest BCUT2D eigenvalue weighted by molar-refractivity contribution is 0.407. The Bertz CT molecular complexity index is 1020. The van der Waals surface area contributed by atoms with Gasteiger partial charge in [-0.3, -0.25) is 9.20 Å². The first kappa shape index (κ1) is 17.5. The van der Waals surface area contributed by atoms with Gasteiger partial charge in [0.2, 0.25) is 0 Å². The van der Waals surface area contributed by atoms with E-state index in [0.29, 0.717) is 23.4 Å². The first-order valence-electron chi connectivity index (χ1n) is 9.22. The van der Waals surface area contributed by atoms with Gasteiger partial charge in [-0.05, 0) is 38.1 Å². The highest BCUT2D eigenvalue weighted by Gasteiger charge is 2.21. The molecule has 0 unspecified atom stereocenters. The molecule has 1 N–H and O–H groups in total. The molecule has 1 saturated heterocycles. The molecule has 0 amide bonds. The predicted octanol–water partition coefficient (Wildman–Crippen LogP) is 2.56. The molecule has 0 aliphatic carbocycles.